The summed E-state index contributed by atoms with van der Waals surface area (Å²) >= 11 is 0. The molecule has 1 fully saturated rings. The van der Waals surface area contributed by atoms with Crippen LogP contribution in [0.4, 0.5) is 10.1 Å². The van der Waals surface area contributed by atoms with Gasteiger partial charge in [-0.3, -0.25) is 4.98 Å². The summed E-state index contributed by atoms with van der Waals surface area (Å²) in [7, 11) is 0. The van der Waals surface area contributed by atoms with Gasteiger partial charge in [-0.25, -0.2) is 14.4 Å². The summed E-state index contributed by atoms with van der Waals surface area (Å²) < 4.78 is 14.0. The van der Waals surface area contributed by atoms with Crippen molar-refractivity contribution < 1.29 is 4.39 Å². The Kier molecular flexibility index (Phi) is 4.77. The summed E-state index contributed by atoms with van der Waals surface area (Å²) in [6.07, 6.45) is 5.73. The van der Waals surface area contributed by atoms with Gasteiger partial charge in [-0.15, -0.1) is 0 Å². The van der Waals surface area contributed by atoms with Gasteiger partial charge in [-0.2, -0.15) is 10.5 Å². The number of imidazole rings is 1. The van der Waals surface area contributed by atoms with Crippen molar-refractivity contribution in [3.8, 4) is 34.7 Å². The molecule has 1 saturated heterocycles. The minimum absolute atomic E-state index is 0.0412. The summed E-state index contributed by atoms with van der Waals surface area (Å²) in [4.78, 5) is 18.7. The van der Waals surface area contributed by atoms with E-state index in [-0.39, 0.29) is 11.1 Å². The maximum atomic E-state index is 14.0. The van der Waals surface area contributed by atoms with Gasteiger partial charge in [0.2, 0.25) is 0 Å². The fourth-order valence-corrected chi connectivity index (χ4v) is 4.26. The molecule has 1 aliphatic rings. The van der Waals surface area contributed by atoms with E-state index in [0.717, 1.165) is 17.7 Å². The third-order valence-electron chi connectivity index (χ3n) is 5.90. The highest BCUT2D eigenvalue weighted by Gasteiger charge is 2.33. The van der Waals surface area contributed by atoms with Crippen LogP contribution in [-0.4, -0.2) is 38.6 Å². The van der Waals surface area contributed by atoms with Crippen molar-refractivity contribution in [3.05, 3.63) is 59.8 Å². The Labute approximate surface area is 189 Å². The lowest BCUT2D eigenvalue weighted by Crippen LogP contribution is -2.39. The molecule has 1 atom stereocenters. The number of pyridine rings is 2. The first kappa shape index (κ1) is 20.6. The quantitative estimate of drug-likeness (QED) is 0.500. The van der Waals surface area contributed by atoms with Gasteiger partial charge < -0.3 is 15.6 Å². The molecule has 1 aromatic carbocycles. The second-order valence-corrected chi connectivity index (χ2v) is 8.47. The number of fused-ring (bicyclic) bond motifs is 1. The van der Waals surface area contributed by atoms with Crippen LogP contribution in [0.15, 0.2) is 42.9 Å². The topological polar surface area (TPSA) is 131 Å². The van der Waals surface area contributed by atoms with Gasteiger partial charge in [0.05, 0.1) is 22.4 Å². The molecule has 3 N–H and O–H groups in total. The van der Waals surface area contributed by atoms with E-state index < -0.39 is 5.82 Å². The third-order valence-corrected chi connectivity index (χ3v) is 5.90. The molecular weight excluding hydrogens is 419 g/mol. The number of hydrogen-bond donors (Lipinski definition) is 2. The average molecular weight is 438 g/mol. The lowest BCUT2D eigenvalue weighted by atomic mass is 9.99. The van der Waals surface area contributed by atoms with Crippen LogP contribution in [-0.2, 0) is 0 Å². The van der Waals surface area contributed by atoms with Crippen LogP contribution in [0.25, 0.3) is 33.7 Å². The number of nitrogens with one attached hydrogen (secondary N) is 1. The molecule has 162 valence electrons. The molecule has 9 heteroatoms. The molecule has 33 heavy (non-hydrogen) atoms. The van der Waals surface area contributed by atoms with Gasteiger partial charge in [0, 0.05) is 42.8 Å². The number of aromatic nitrogens is 4. The normalized spacial score (nSPS) is 17.8. The number of anilines is 1. The molecule has 0 amide bonds. The number of rotatable bonds is 3. The predicted octanol–water partition coefficient (Wildman–Crippen LogP) is 3.50. The van der Waals surface area contributed by atoms with Crippen LogP contribution in [0.1, 0.15) is 24.5 Å². The van der Waals surface area contributed by atoms with Gasteiger partial charge in [0.25, 0.3) is 0 Å². The number of nitriles is 2. The zero-order valence-corrected chi connectivity index (χ0v) is 17.8. The summed E-state index contributed by atoms with van der Waals surface area (Å²) in [5.74, 6) is -0.0622. The molecule has 0 bridgehead atoms. The molecule has 8 nitrogen and oxygen atoms in total. The summed E-state index contributed by atoms with van der Waals surface area (Å²) in [5.41, 5.74) is 10.4. The van der Waals surface area contributed by atoms with Crippen molar-refractivity contribution >= 4 is 16.9 Å². The minimum Gasteiger partial charge on any atom is -0.368 e. The van der Waals surface area contributed by atoms with Crippen molar-refractivity contribution in [3.63, 3.8) is 0 Å². The highest BCUT2D eigenvalue weighted by molar-refractivity contribution is 5.91. The number of benzene rings is 1. The molecule has 4 heterocycles. The van der Waals surface area contributed by atoms with Crippen molar-refractivity contribution in [2.24, 2.45) is 5.73 Å². The lowest BCUT2D eigenvalue weighted by Gasteiger charge is -2.26. The Hall–Kier alpha value is -4.34. The van der Waals surface area contributed by atoms with Crippen molar-refractivity contribution in [1.82, 2.24) is 19.9 Å². The largest absolute Gasteiger partial charge is 0.368 e. The van der Waals surface area contributed by atoms with Crippen molar-refractivity contribution in [2.75, 3.05) is 18.0 Å². The smallest absolute Gasteiger partial charge is 0.179 e. The van der Waals surface area contributed by atoms with Crippen molar-refractivity contribution in [1.29, 1.82) is 10.5 Å². The van der Waals surface area contributed by atoms with Gasteiger partial charge in [-0.1, -0.05) is 6.07 Å². The number of H-pyrrole nitrogens is 1. The minimum atomic E-state index is -0.574. The Balaban J connectivity index is 1.75. The van der Waals surface area contributed by atoms with Gasteiger partial charge in [-0.05, 0) is 37.1 Å². The van der Waals surface area contributed by atoms with E-state index in [1.54, 1.807) is 30.7 Å². The zero-order valence-electron chi connectivity index (χ0n) is 17.8. The number of aromatic amines is 1. The van der Waals surface area contributed by atoms with Crippen LogP contribution >= 0.6 is 0 Å². The summed E-state index contributed by atoms with van der Waals surface area (Å²) in [5, 5.41) is 18.8. The average Bonchev–Trinajstić information content (AvgIpc) is 3.41. The van der Waals surface area contributed by atoms with Crippen LogP contribution in [0.3, 0.4) is 0 Å². The first-order valence-electron chi connectivity index (χ1n) is 10.4. The second kappa shape index (κ2) is 7.66. The van der Waals surface area contributed by atoms with E-state index in [1.807, 2.05) is 13.0 Å². The molecule has 0 aliphatic carbocycles. The lowest BCUT2D eigenvalue weighted by molar-refractivity contribution is 0.525. The molecule has 5 rings (SSSR count). The second-order valence-electron chi connectivity index (χ2n) is 8.47. The van der Waals surface area contributed by atoms with E-state index in [9.17, 15) is 14.9 Å². The zero-order chi connectivity index (χ0) is 23.2. The predicted molar refractivity (Wildman–Crippen MR) is 121 cm³/mol. The molecule has 0 saturated carbocycles. The highest BCUT2D eigenvalue weighted by atomic mass is 19.1. The van der Waals surface area contributed by atoms with Crippen LogP contribution < -0.4 is 10.6 Å². The van der Waals surface area contributed by atoms with E-state index in [4.69, 9.17) is 5.73 Å². The molecule has 0 unspecified atom stereocenters. The Morgan fingerprint density at radius 3 is 2.67 bits per heavy atom. The van der Waals surface area contributed by atoms with Gasteiger partial charge in [0.1, 0.15) is 29.3 Å². The van der Waals surface area contributed by atoms with Crippen molar-refractivity contribution in [2.45, 2.75) is 18.9 Å². The first-order chi connectivity index (χ1) is 15.9. The van der Waals surface area contributed by atoms with E-state index in [0.29, 0.717) is 46.8 Å². The summed E-state index contributed by atoms with van der Waals surface area (Å²) in [6, 6.07) is 10.1. The Bertz CT molecular complexity index is 1470. The maximum absolute atomic E-state index is 14.0. The molecule has 0 radical (unpaired) electrons. The van der Waals surface area contributed by atoms with E-state index >= 15 is 0 Å². The maximum Gasteiger partial charge on any atom is 0.179 e. The number of nitrogens with two attached hydrogens (primary N) is 1. The Morgan fingerprint density at radius 2 is 1.94 bits per heavy atom. The molecule has 4 aromatic rings. The van der Waals surface area contributed by atoms with Crippen LogP contribution in [0.2, 0.25) is 0 Å². The van der Waals surface area contributed by atoms with Gasteiger partial charge in [0.15, 0.2) is 5.65 Å². The summed E-state index contributed by atoms with van der Waals surface area (Å²) in [6.45, 7) is 3.32. The molecule has 3 aromatic heterocycles. The number of halogens is 1. The molecule has 0 spiro atoms. The SMILES string of the molecule is C[C@]1(N)CCN(c2c(-c3ccc(F)c(C#N)c3)cncc2-c2nc3nccc(C#N)c3[nH]2)C1. The van der Waals surface area contributed by atoms with Crippen LogP contribution in [0, 0.1) is 28.5 Å². The van der Waals surface area contributed by atoms with Gasteiger partial charge >= 0.3 is 0 Å². The number of hydrogen-bond acceptors (Lipinski definition) is 7. The van der Waals surface area contributed by atoms with E-state index in [2.05, 4.69) is 30.9 Å². The molecular formula is C24H19FN8. The first-order valence-corrected chi connectivity index (χ1v) is 10.4. The third kappa shape index (κ3) is 3.55. The Morgan fingerprint density at radius 1 is 1.15 bits per heavy atom. The van der Waals surface area contributed by atoms with E-state index in [1.165, 1.54) is 12.1 Å². The number of nitrogens with zero attached hydrogens (tertiary/aromatic N) is 6. The fourth-order valence-electron chi connectivity index (χ4n) is 4.26. The monoisotopic (exact) mass is 438 g/mol. The molecule has 1 aliphatic heterocycles. The van der Waals surface area contributed by atoms with Crippen LogP contribution in [0.5, 0.6) is 0 Å². The standard InChI is InChI=1S/C24H19FN8/c1-24(28)5-7-33(13-24)21-17(14-2-3-19(25)16(8-14)10-27)11-29-12-18(21)22-31-20-15(9-26)4-6-30-23(20)32-22/h2-4,6,8,11-12H,5,7,13,28H2,1H3,(H,30,31,32)/t24-/m0/s1. The fraction of sp³-hybridized carbons (Fsp3) is 0.208. The highest BCUT2D eigenvalue weighted by Crippen LogP contribution is 2.41.